The van der Waals surface area contributed by atoms with Crippen LogP contribution in [0.4, 0.5) is 0 Å². The molecule has 0 aliphatic heterocycles. The number of fused-ring (bicyclic) bond motifs is 1. The van der Waals surface area contributed by atoms with Crippen LogP contribution in [0.3, 0.4) is 0 Å². The van der Waals surface area contributed by atoms with Crippen LogP contribution in [-0.2, 0) is 33.6 Å². The molecule has 0 spiro atoms. The second-order valence-electron chi connectivity index (χ2n) is 8.19. The third-order valence-electron chi connectivity index (χ3n) is 5.74. The van der Waals surface area contributed by atoms with Crippen molar-refractivity contribution in [1.82, 2.24) is 10.3 Å². The Hall–Kier alpha value is -2.77. The van der Waals surface area contributed by atoms with Gasteiger partial charge in [-0.15, -0.1) is 0 Å². The van der Waals surface area contributed by atoms with Crippen LogP contribution in [0.5, 0.6) is 0 Å². The van der Waals surface area contributed by atoms with Gasteiger partial charge in [-0.25, -0.2) is 4.79 Å². The molecule has 1 heterocycles. The highest BCUT2D eigenvalue weighted by Crippen LogP contribution is 2.20. The smallest absolute Gasteiger partial charge is 0.326 e. The van der Waals surface area contributed by atoms with E-state index in [-0.39, 0.29) is 13.0 Å². The number of aromatic nitrogens is 1. The van der Waals surface area contributed by atoms with Gasteiger partial charge in [0, 0.05) is 31.0 Å². The molecular formula is C25H32N2O5. The molecule has 0 fully saturated rings. The first kappa shape index (κ1) is 23.9. The first-order valence-electron chi connectivity index (χ1n) is 11.4. The Balaban J connectivity index is 1.32. The number of aliphatic hydroxyl groups is 1. The number of hydrogen-bond acceptors (Lipinski definition) is 5. The second-order valence-corrected chi connectivity index (χ2v) is 8.19. The van der Waals surface area contributed by atoms with Gasteiger partial charge in [-0.3, -0.25) is 9.78 Å². The second kappa shape index (κ2) is 12.3. The van der Waals surface area contributed by atoms with Gasteiger partial charge in [-0.1, -0.05) is 36.4 Å². The average molecular weight is 441 g/mol. The number of ether oxygens (including phenoxy) is 1. The van der Waals surface area contributed by atoms with Gasteiger partial charge < -0.3 is 20.3 Å². The highest BCUT2D eigenvalue weighted by atomic mass is 16.5. The molecule has 2 aromatic rings. The summed E-state index contributed by atoms with van der Waals surface area (Å²) in [6.07, 6.45) is 6.14. The van der Waals surface area contributed by atoms with Crippen LogP contribution >= 0.6 is 0 Å². The summed E-state index contributed by atoms with van der Waals surface area (Å²) in [5.41, 5.74) is 4.18. The predicted octanol–water partition coefficient (Wildman–Crippen LogP) is 2.99. The Morgan fingerprint density at radius 1 is 1.03 bits per heavy atom. The topological polar surface area (TPSA) is 109 Å². The SMILES string of the molecule is O=C(O)C(CCOCCCCc1ccc2c(n1)CCCC2)NC(=O)C(O)c1ccccc1. The van der Waals surface area contributed by atoms with Crippen LogP contribution in [0, 0.1) is 0 Å². The van der Waals surface area contributed by atoms with Crippen LogP contribution in [0.15, 0.2) is 42.5 Å². The maximum Gasteiger partial charge on any atom is 0.326 e. The minimum Gasteiger partial charge on any atom is -0.480 e. The van der Waals surface area contributed by atoms with Crippen molar-refractivity contribution >= 4 is 11.9 Å². The van der Waals surface area contributed by atoms with Crippen LogP contribution in [-0.4, -0.2) is 46.3 Å². The molecule has 2 atom stereocenters. The number of pyridine rings is 1. The van der Waals surface area contributed by atoms with E-state index < -0.39 is 24.0 Å². The summed E-state index contributed by atoms with van der Waals surface area (Å²) in [6, 6.07) is 11.6. The van der Waals surface area contributed by atoms with E-state index in [4.69, 9.17) is 9.72 Å². The maximum atomic E-state index is 12.2. The van der Waals surface area contributed by atoms with E-state index in [1.807, 2.05) is 0 Å². The van der Waals surface area contributed by atoms with Gasteiger partial charge in [0.05, 0.1) is 0 Å². The molecule has 3 rings (SSSR count). The molecule has 1 aromatic heterocycles. The van der Waals surface area contributed by atoms with Gasteiger partial charge in [0.1, 0.15) is 6.04 Å². The predicted molar refractivity (Wildman–Crippen MR) is 120 cm³/mol. The van der Waals surface area contributed by atoms with Crippen LogP contribution in [0.2, 0.25) is 0 Å². The molecule has 1 aliphatic carbocycles. The number of nitrogens with zero attached hydrogens (tertiary/aromatic N) is 1. The number of carboxylic acid groups (broad SMARTS) is 1. The van der Waals surface area contributed by atoms with Crippen molar-refractivity contribution in [1.29, 1.82) is 0 Å². The molecular weight excluding hydrogens is 408 g/mol. The number of carboxylic acids is 1. The van der Waals surface area contributed by atoms with E-state index >= 15 is 0 Å². The third kappa shape index (κ3) is 7.14. The molecule has 7 heteroatoms. The molecule has 3 N–H and O–H groups in total. The molecule has 0 radical (unpaired) electrons. The molecule has 32 heavy (non-hydrogen) atoms. The molecule has 7 nitrogen and oxygen atoms in total. The highest BCUT2D eigenvalue weighted by molar-refractivity contribution is 5.86. The number of amides is 1. The summed E-state index contributed by atoms with van der Waals surface area (Å²) >= 11 is 0. The van der Waals surface area contributed by atoms with Gasteiger partial charge in [0.15, 0.2) is 6.10 Å². The van der Waals surface area contributed by atoms with E-state index in [1.165, 1.54) is 24.1 Å². The quantitative estimate of drug-likeness (QED) is 0.438. The van der Waals surface area contributed by atoms with Crippen LogP contribution in [0.25, 0.3) is 0 Å². The van der Waals surface area contributed by atoms with Crippen molar-refractivity contribution in [3.8, 4) is 0 Å². The zero-order chi connectivity index (χ0) is 22.8. The van der Waals surface area contributed by atoms with Gasteiger partial charge in [-0.05, 0) is 62.1 Å². The number of benzene rings is 1. The summed E-state index contributed by atoms with van der Waals surface area (Å²) in [4.78, 5) is 28.4. The van der Waals surface area contributed by atoms with Crippen molar-refractivity contribution < 1.29 is 24.5 Å². The lowest BCUT2D eigenvalue weighted by molar-refractivity contribution is -0.144. The number of nitrogens with one attached hydrogen (secondary N) is 1. The lowest BCUT2D eigenvalue weighted by atomic mass is 9.95. The standard InChI is InChI=1S/C25H32N2O5/c28-23(19-9-2-1-3-10-19)24(29)27-22(25(30)31)15-17-32-16-7-6-11-20-14-13-18-8-4-5-12-21(18)26-20/h1-3,9-10,13-14,22-23,28H,4-8,11-12,15-17H2,(H,27,29)(H,30,31). The Labute approximate surface area is 188 Å². The molecule has 1 amide bonds. The largest absolute Gasteiger partial charge is 0.480 e. The van der Waals surface area contributed by atoms with Crippen molar-refractivity contribution in [3.05, 3.63) is 65.0 Å². The lowest BCUT2D eigenvalue weighted by Gasteiger charge is -2.17. The molecule has 0 saturated carbocycles. The minimum atomic E-state index is -1.41. The van der Waals surface area contributed by atoms with Crippen molar-refractivity contribution in [3.63, 3.8) is 0 Å². The summed E-state index contributed by atoms with van der Waals surface area (Å²) in [5, 5.41) is 21.9. The molecule has 0 saturated heterocycles. The Bertz CT molecular complexity index is 887. The Morgan fingerprint density at radius 3 is 2.59 bits per heavy atom. The number of carbonyl (C=O) groups excluding carboxylic acids is 1. The molecule has 2 unspecified atom stereocenters. The summed E-state index contributed by atoms with van der Waals surface area (Å²) < 4.78 is 5.57. The van der Waals surface area contributed by atoms with Crippen molar-refractivity contribution in [2.24, 2.45) is 0 Å². The number of carbonyl (C=O) groups is 2. The van der Waals surface area contributed by atoms with E-state index in [0.717, 1.165) is 37.8 Å². The molecule has 1 aromatic carbocycles. The Morgan fingerprint density at radius 2 is 1.81 bits per heavy atom. The molecule has 1 aliphatic rings. The van der Waals surface area contributed by atoms with Gasteiger partial charge >= 0.3 is 5.97 Å². The maximum absolute atomic E-state index is 12.2. The number of hydrogen-bond donors (Lipinski definition) is 3. The first-order valence-corrected chi connectivity index (χ1v) is 11.4. The van der Waals surface area contributed by atoms with E-state index in [0.29, 0.717) is 12.2 Å². The van der Waals surface area contributed by atoms with Crippen molar-refractivity contribution in [2.45, 2.75) is 63.5 Å². The Kier molecular flexibility index (Phi) is 9.19. The number of aryl methyl sites for hydroxylation is 3. The van der Waals surface area contributed by atoms with E-state index in [2.05, 4.69) is 17.4 Å². The van der Waals surface area contributed by atoms with E-state index in [9.17, 15) is 19.8 Å². The van der Waals surface area contributed by atoms with Crippen molar-refractivity contribution in [2.75, 3.05) is 13.2 Å². The number of unbranched alkanes of at least 4 members (excludes halogenated alkanes) is 1. The number of aliphatic hydroxyl groups excluding tert-OH is 1. The monoisotopic (exact) mass is 440 g/mol. The van der Waals surface area contributed by atoms with Gasteiger partial charge in [0.25, 0.3) is 5.91 Å². The zero-order valence-corrected chi connectivity index (χ0v) is 18.3. The number of aliphatic carboxylic acids is 1. The highest BCUT2D eigenvalue weighted by Gasteiger charge is 2.24. The minimum absolute atomic E-state index is 0.134. The van der Waals surface area contributed by atoms with E-state index in [1.54, 1.807) is 30.3 Å². The third-order valence-corrected chi connectivity index (χ3v) is 5.74. The molecule has 172 valence electrons. The molecule has 0 bridgehead atoms. The normalized spacial score (nSPS) is 14.9. The fourth-order valence-electron chi connectivity index (χ4n) is 3.87. The van der Waals surface area contributed by atoms with Crippen LogP contribution in [0.1, 0.15) is 60.7 Å². The summed E-state index contributed by atoms with van der Waals surface area (Å²) in [7, 11) is 0. The summed E-state index contributed by atoms with van der Waals surface area (Å²) in [5.74, 6) is -1.89. The van der Waals surface area contributed by atoms with Gasteiger partial charge in [-0.2, -0.15) is 0 Å². The fourth-order valence-corrected chi connectivity index (χ4v) is 3.87. The summed E-state index contributed by atoms with van der Waals surface area (Å²) in [6.45, 7) is 0.744. The fraction of sp³-hybridized carbons (Fsp3) is 0.480. The zero-order valence-electron chi connectivity index (χ0n) is 18.3. The van der Waals surface area contributed by atoms with Crippen LogP contribution < -0.4 is 5.32 Å². The average Bonchev–Trinajstić information content (AvgIpc) is 2.82. The number of rotatable bonds is 12. The lowest BCUT2D eigenvalue weighted by Crippen LogP contribution is -2.43. The van der Waals surface area contributed by atoms with Gasteiger partial charge in [0.2, 0.25) is 0 Å². The first-order chi connectivity index (χ1) is 15.5.